The molecule has 0 bridgehead atoms. The van der Waals surface area contributed by atoms with E-state index in [1.807, 2.05) is 18.4 Å². The average Bonchev–Trinajstić information content (AvgIpc) is 2.85. The fourth-order valence-corrected chi connectivity index (χ4v) is 2.50. The van der Waals surface area contributed by atoms with Crippen molar-refractivity contribution in [2.45, 2.75) is 26.1 Å². The number of halogens is 3. The first-order chi connectivity index (χ1) is 10.4. The van der Waals surface area contributed by atoms with Gasteiger partial charge >= 0.3 is 6.18 Å². The van der Waals surface area contributed by atoms with E-state index in [9.17, 15) is 13.2 Å². The van der Waals surface area contributed by atoms with Gasteiger partial charge in [0.15, 0.2) is 0 Å². The predicted molar refractivity (Wildman–Crippen MR) is 78.4 cm³/mol. The summed E-state index contributed by atoms with van der Waals surface area (Å²) in [4.78, 5) is 8.37. The standard InChI is InChI=1S/C16H14F3N3/c1-10(2)22-14-4-3-12(16(17,18)19)9-13(14)21-15(22)11-5-7-20-8-6-11/h3-10H,1-2H3. The highest BCUT2D eigenvalue weighted by Crippen LogP contribution is 2.34. The van der Waals surface area contributed by atoms with Crippen LogP contribution in [0.2, 0.25) is 0 Å². The first kappa shape index (κ1) is 14.6. The van der Waals surface area contributed by atoms with Crippen molar-refractivity contribution in [3.05, 3.63) is 48.3 Å². The van der Waals surface area contributed by atoms with Crippen LogP contribution in [0.3, 0.4) is 0 Å². The van der Waals surface area contributed by atoms with Gasteiger partial charge in [-0.2, -0.15) is 13.2 Å². The van der Waals surface area contributed by atoms with Crippen LogP contribution < -0.4 is 0 Å². The molecule has 3 nitrogen and oxygen atoms in total. The lowest BCUT2D eigenvalue weighted by Gasteiger charge is -2.13. The lowest BCUT2D eigenvalue weighted by atomic mass is 10.2. The number of imidazole rings is 1. The Balaban J connectivity index is 2.27. The van der Waals surface area contributed by atoms with Gasteiger partial charge in [-0.3, -0.25) is 4.98 Å². The summed E-state index contributed by atoms with van der Waals surface area (Å²) in [7, 11) is 0. The molecule has 0 atom stereocenters. The second-order valence-electron chi connectivity index (χ2n) is 5.34. The number of hydrogen-bond donors (Lipinski definition) is 0. The third-order valence-corrected chi connectivity index (χ3v) is 3.47. The van der Waals surface area contributed by atoms with Crippen LogP contribution in [0.1, 0.15) is 25.5 Å². The molecule has 0 aliphatic carbocycles. The largest absolute Gasteiger partial charge is 0.416 e. The van der Waals surface area contributed by atoms with Crippen LogP contribution in [0.15, 0.2) is 42.7 Å². The van der Waals surface area contributed by atoms with Gasteiger partial charge in [-0.1, -0.05) is 0 Å². The maximum Gasteiger partial charge on any atom is 0.416 e. The van der Waals surface area contributed by atoms with E-state index in [-0.39, 0.29) is 6.04 Å². The van der Waals surface area contributed by atoms with Crippen molar-refractivity contribution in [2.24, 2.45) is 0 Å². The molecule has 3 aromatic rings. The van der Waals surface area contributed by atoms with Gasteiger partial charge in [-0.25, -0.2) is 4.98 Å². The highest BCUT2D eigenvalue weighted by atomic mass is 19.4. The molecule has 3 rings (SSSR count). The Morgan fingerprint density at radius 1 is 1.05 bits per heavy atom. The third kappa shape index (κ3) is 2.45. The number of nitrogens with zero attached hydrogens (tertiary/aromatic N) is 3. The van der Waals surface area contributed by atoms with Crippen LogP contribution in [0, 0.1) is 0 Å². The molecule has 0 saturated carbocycles. The molecule has 1 aromatic carbocycles. The second-order valence-corrected chi connectivity index (χ2v) is 5.34. The SMILES string of the molecule is CC(C)n1c(-c2ccncc2)nc2cc(C(F)(F)F)ccc21. The molecule has 0 radical (unpaired) electrons. The first-order valence-corrected chi connectivity index (χ1v) is 6.87. The Morgan fingerprint density at radius 3 is 2.32 bits per heavy atom. The third-order valence-electron chi connectivity index (χ3n) is 3.47. The van der Waals surface area contributed by atoms with E-state index in [4.69, 9.17) is 0 Å². The van der Waals surface area contributed by atoms with Crippen molar-refractivity contribution in [2.75, 3.05) is 0 Å². The molecule has 0 aliphatic rings. The molecule has 0 unspecified atom stereocenters. The van der Waals surface area contributed by atoms with Crippen LogP contribution in [-0.4, -0.2) is 14.5 Å². The Morgan fingerprint density at radius 2 is 1.73 bits per heavy atom. The number of rotatable bonds is 2. The molecular weight excluding hydrogens is 291 g/mol. The van der Waals surface area contributed by atoms with Crippen molar-refractivity contribution >= 4 is 11.0 Å². The molecule has 2 heterocycles. The van der Waals surface area contributed by atoms with E-state index in [2.05, 4.69) is 9.97 Å². The highest BCUT2D eigenvalue weighted by molar-refractivity contribution is 5.81. The molecular formula is C16H14F3N3. The van der Waals surface area contributed by atoms with Gasteiger partial charge in [0.2, 0.25) is 0 Å². The fourth-order valence-electron chi connectivity index (χ4n) is 2.50. The van der Waals surface area contributed by atoms with Crippen molar-refractivity contribution in [3.8, 4) is 11.4 Å². The molecule has 22 heavy (non-hydrogen) atoms. The Labute approximate surface area is 125 Å². The van der Waals surface area contributed by atoms with Gasteiger partial charge in [-0.05, 0) is 44.2 Å². The zero-order valence-corrected chi connectivity index (χ0v) is 12.1. The van der Waals surface area contributed by atoms with Crippen LogP contribution in [0.5, 0.6) is 0 Å². The lowest BCUT2D eigenvalue weighted by Crippen LogP contribution is -2.05. The van der Waals surface area contributed by atoms with E-state index >= 15 is 0 Å². The summed E-state index contributed by atoms with van der Waals surface area (Å²) in [6.45, 7) is 3.95. The Hall–Kier alpha value is -2.37. The molecule has 0 fully saturated rings. The number of hydrogen-bond acceptors (Lipinski definition) is 2. The molecule has 2 aromatic heterocycles. The van der Waals surface area contributed by atoms with Crippen molar-refractivity contribution in [1.82, 2.24) is 14.5 Å². The van der Waals surface area contributed by atoms with Crippen molar-refractivity contribution in [3.63, 3.8) is 0 Å². The van der Waals surface area contributed by atoms with Gasteiger partial charge < -0.3 is 4.57 Å². The summed E-state index contributed by atoms with van der Waals surface area (Å²) >= 11 is 0. The summed E-state index contributed by atoms with van der Waals surface area (Å²) in [5, 5.41) is 0. The molecule has 114 valence electrons. The van der Waals surface area contributed by atoms with Crippen LogP contribution >= 0.6 is 0 Å². The average molecular weight is 305 g/mol. The minimum absolute atomic E-state index is 0.0740. The normalized spacial score (nSPS) is 12.3. The predicted octanol–water partition coefficient (Wildman–Crippen LogP) is 4.70. The number of alkyl halides is 3. The van der Waals surface area contributed by atoms with Gasteiger partial charge in [0, 0.05) is 24.0 Å². The van der Waals surface area contributed by atoms with Crippen molar-refractivity contribution < 1.29 is 13.2 Å². The molecule has 0 saturated heterocycles. The van der Waals surface area contributed by atoms with Crippen molar-refractivity contribution in [1.29, 1.82) is 0 Å². The molecule has 0 amide bonds. The first-order valence-electron chi connectivity index (χ1n) is 6.87. The van der Waals surface area contributed by atoms with E-state index < -0.39 is 11.7 Å². The minimum Gasteiger partial charge on any atom is -0.321 e. The summed E-state index contributed by atoms with van der Waals surface area (Å²) in [5.41, 5.74) is 1.17. The van der Waals surface area contributed by atoms with E-state index in [1.54, 1.807) is 24.5 Å². The van der Waals surface area contributed by atoms with E-state index in [1.165, 1.54) is 6.07 Å². The molecule has 0 aliphatic heterocycles. The Kier molecular flexibility index (Phi) is 3.39. The maximum atomic E-state index is 12.9. The van der Waals surface area contributed by atoms with Crippen LogP contribution in [0.25, 0.3) is 22.4 Å². The minimum atomic E-state index is -4.37. The van der Waals surface area contributed by atoms with Gasteiger partial charge in [-0.15, -0.1) is 0 Å². The lowest BCUT2D eigenvalue weighted by molar-refractivity contribution is -0.137. The number of pyridine rings is 1. The topological polar surface area (TPSA) is 30.7 Å². The summed E-state index contributed by atoms with van der Waals surface area (Å²) in [6, 6.07) is 7.34. The number of fused-ring (bicyclic) bond motifs is 1. The zero-order valence-electron chi connectivity index (χ0n) is 12.1. The zero-order chi connectivity index (χ0) is 15.9. The summed E-state index contributed by atoms with van der Waals surface area (Å²) in [6.07, 6.45) is -1.09. The molecule has 6 heteroatoms. The number of benzene rings is 1. The van der Waals surface area contributed by atoms with Gasteiger partial charge in [0.1, 0.15) is 5.82 Å². The fraction of sp³-hybridized carbons (Fsp3) is 0.250. The quantitative estimate of drug-likeness (QED) is 0.687. The van der Waals surface area contributed by atoms with E-state index in [0.717, 1.165) is 17.7 Å². The highest BCUT2D eigenvalue weighted by Gasteiger charge is 2.31. The van der Waals surface area contributed by atoms with Gasteiger partial charge in [0.05, 0.1) is 16.6 Å². The maximum absolute atomic E-state index is 12.9. The van der Waals surface area contributed by atoms with E-state index in [0.29, 0.717) is 16.9 Å². The Bertz CT molecular complexity index is 805. The molecule has 0 N–H and O–H groups in total. The monoisotopic (exact) mass is 305 g/mol. The number of aromatic nitrogens is 3. The van der Waals surface area contributed by atoms with Crippen LogP contribution in [0.4, 0.5) is 13.2 Å². The van der Waals surface area contributed by atoms with Gasteiger partial charge in [0.25, 0.3) is 0 Å². The molecule has 0 spiro atoms. The van der Waals surface area contributed by atoms with Crippen LogP contribution in [-0.2, 0) is 6.18 Å². The summed E-state index contributed by atoms with van der Waals surface area (Å²) in [5.74, 6) is 0.645. The summed E-state index contributed by atoms with van der Waals surface area (Å²) < 4.78 is 40.5. The second kappa shape index (κ2) is 5.12. The smallest absolute Gasteiger partial charge is 0.321 e.